The van der Waals surface area contributed by atoms with Gasteiger partial charge in [-0.3, -0.25) is 38.8 Å². The lowest BCUT2D eigenvalue weighted by Crippen LogP contribution is -2.54. The summed E-state index contributed by atoms with van der Waals surface area (Å²) in [6.07, 6.45) is 11.7. The van der Waals surface area contributed by atoms with Crippen LogP contribution in [0.5, 0.6) is 0 Å². The number of rotatable bonds is 6. The Morgan fingerprint density at radius 1 is 0.778 bits per heavy atom. The summed E-state index contributed by atoms with van der Waals surface area (Å²) >= 11 is 0. The Morgan fingerprint density at radius 3 is 2.24 bits per heavy atom. The van der Waals surface area contributed by atoms with Crippen molar-refractivity contribution in [1.82, 2.24) is 34.6 Å². The van der Waals surface area contributed by atoms with Crippen LogP contribution in [0.1, 0.15) is 73.5 Å². The van der Waals surface area contributed by atoms with Crippen LogP contribution in [0.15, 0.2) is 66.0 Å². The van der Waals surface area contributed by atoms with Crippen molar-refractivity contribution in [2.45, 2.75) is 57.4 Å². The lowest BCUT2D eigenvalue weighted by molar-refractivity contribution is -0.136. The van der Waals surface area contributed by atoms with Crippen molar-refractivity contribution < 1.29 is 20.5 Å². The first-order valence-electron chi connectivity index (χ1n) is 19.5. The predicted octanol–water partition coefficient (Wildman–Crippen LogP) is 3.18. The van der Waals surface area contributed by atoms with Crippen LogP contribution >= 0.6 is 0 Å². The van der Waals surface area contributed by atoms with Crippen LogP contribution in [0.4, 0.5) is 11.6 Å². The van der Waals surface area contributed by atoms with Gasteiger partial charge in [-0.2, -0.15) is 0 Å². The second kappa shape index (κ2) is 13.7. The Kier molecular flexibility index (Phi) is 8.41. The van der Waals surface area contributed by atoms with Crippen molar-refractivity contribution >= 4 is 46.2 Å². The third-order valence-corrected chi connectivity index (χ3v) is 12.4. The highest BCUT2D eigenvalue weighted by Crippen LogP contribution is 2.43. The smallest absolute Gasteiger partial charge is 0.265 e. The summed E-state index contributed by atoms with van der Waals surface area (Å²) in [4.78, 5) is 85.4. The van der Waals surface area contributed by atoms with Crippen LogP contribution in [-0.4, -0.2) is 105 Å². The molecule has 4 aromatic rings. The second-order valence-electron chi connectivity index (χ2n) is 15.5. The molecule has 54 heavy (non-hydrogen) atoms. The number of piperidine rings is 4. The van der Waals surface area contributed by atoms with E-state index in [0.29, 0.717) is 45.0 Å². The molecule has 1 unspecified atom stereocenters. The van der Waals surface area contributed by atoms with Crippen molar-refractivity contribution in [3.63, 3.8) is 0 Å². The van der Waals surface area contributed by atoms with E-state index in [4.69, 9.17) is 1.37 Å². The molecule has 0 bridgehead atoms. The van der Waals surface area contributed by atoms with Gasteiger partial charge in [0.05, 0.1) is 41.5 Å². The number of carbonyl (C=O) groups is 4. The van der Waals surface area contributed by atoms with E-state index in [-0.39, 0.29) is 30.4 Å². The van der Waals surface area contributed by atoms with E-state index in [1.165, 1.54) is 29.8 Å². The fourth-order valence-corrected chi connectivity index (χ4v) is 9.08. The molecule has 278 valence electrons. The molecular formula is C40H43N9O5. The second-order valence-corrected chi connectivity index (χ2v) is 15.5. The number of hydrogen-bond donors (Lipinski definition) is 1. The maximum absolute atomic E-state index is 13.4. The van der Waals surface area contributed by atoms with Crippen LogP contribution in [0.2, 0.25) is 0 Å². The van der Waals surface area contributed by atoms with Crippen molar-refractivity contribution in [3.05, 3.63) is 82.6 Å². The Balaban J connectivity index is 0.744. The van der Waals surface area contributed by atoms with Gasteiger partial charge in [-0.25, -0.2) is 15.0 Å². The molecular weight excluding hydrogens is 686 g/mol. The summed E-state index contributed by atoms with van der Waals surface area (Å²) in [6.45, 7) is 6.86. The highest BCUT2D eigenvalue weighted by atomic mass is 16.2. The molecule has 4 fully saturated rings. The normalized spacial score (nSPS) is 22.6. The first-order valence-corrected chi connectivity index (χ1v) is 19.0. The molecule has 0 aliphatic carbocycles. The number of fused-ring (bicyclic) bond motifs is 2. The average molecular weight is 731 g/mol. The maximum atomic E-state index is 13.4. The Hall–Kier alpha value is -5.50. The number of imide groups is 2. The molecule has 2 aromatic heterocycles. The molecule has 14 heteroatoms. The Bertz CT molecular complexity index is 2250. The van der Waals surface area contributed by atoms with Gasteiger partial charge in [0, 0.05) is 44.8 Å². The quantitative estimate of drug-likeness (QED) is 0.291. The standard InChI is InChI=1S/C40H43N9O5/c50-34-8-7-33(35(51)44-34)49-37(53)29-6-5-27(21-31(29)38(49)54)46-19-13-40(14-20-46)11-17-45(18-12-40)24-26-9-15-47(16-10-26)39-41-22-28(23-42-39)48-25-43-32-4-2-1-3-30(32)36(48)52/h1-6,21-23,25-26,33H,7-20,24H2,(H,44,50,51)/i1D. The third kappa shape index (κ3) is 6.21. The van der Waals surface area contributed by atoms with Crippen LogP contribution < -0.4 is 20.7 Å². The van der Waals surface area contributed by atoms with Gasteiger partial charge in [0.2, 0.25) is 17.8 Å². The molecule has 9 rings (SSSR count). The number of benzene rings is 2. The monoisotopic (exact) mass is 730 g/mol. The molecule has 1 atom stereocenters. The number of nitrogens with one attached hydrogen (secondary N) is 1. The molecule has 4 amide bonds. The highest BCUT2D eigenvalue weighted by Gasteiger charge is 2.45. The van der Waals surface area contributed by atoms with E-state index >= 15 is 0 Å². The number of aromatic nitrogens is 4. The number of anilines is 2. The number of likely N-dealkylation sites (tertiary alicyclic amines) is 1. The molecule has 5 aliphatic heterocycles. The number of carbonyl (C=O) groups excluding carboxylic acids is 4. The zero-order valence-corrected chi connectivity index (χ0v) is 30.1. The fourth-order valence-electron chi connectivity index (χ4n) is 9.08. The minimum atomic E-state index is -0.962. The minimum Gasteiger partial charge on any atom is -0.371 e. The van der Waals surface area contributed by atoms with Gasteiger partial charge < -0.3 is 14.7 Å². The lowest BCUT2D eigenvalue weighted by Gasteiger charge is -2.48. The lowest BCUT2D eigenvalue weighted by atomic mass is 9.71. The van der Waals surface area contributed by atoms with Gasteiger partial charge in [-0.05, 0) is 99.7 Å². The van der Waals surface area contributed by atoms with Gasteiger partial charge in [0.1, 0.15) is 12.4 Å². The van der Waals surface area contributed by atoms with Crippen LogP contribution in [0.3, 0.4) is 0 Å². The predicted molar refractivity (Wildman–Crippen MR) is 201 cm³/mol. The first kappa shape index (κ1) is 33.1. The maximum Gasteiger partial charge on any atom is 0.265 e. The summed E-state index contributed by atoms with van der Waals surface area (Å²) < 4.78 is 9.29. The minimum absolute atomic E-state index is 0.100. The largest absolute Gasteiger partial charge is 0.371 e. The summed E-state index contributed by atoms with van der Waals surface area (Å²) in [5, 5.41) is 2.65. The van der Waals surface area contributed by atoms with Gasteiger partial charge in [-0.1, -0.05) is 12.1 Å². The summed E-state index contributed by atoms with van der Waals surface area (Å²) in [7, 11) is 0. The van der Waals surface area contributed by atoms with E-state index in [9.17, 15) is 24.0 Å². The number of amides is 4. The zero-order chi connectivity index (χ0) is 37.8. The number of nitrogens with zero attached hydrogens (tertiary/aromatic N) is 8. The molecule has 1 N–H and O–H groups in total. The Morgan fingerprint density at radius 2 is 1.50 bits per heavy atom. The van der Waals surface area contributed by atoms with E-state index in [1.807, 2.05) is 6.07 Å². The summed E-state index contributed by atoms with van der Waals surface area (Å²) in [6, 6.07) is 9.55. The van der Waals surface area contributed by atoms with Gasteiger partial charge in [0.15, 0.2) is 0 Å². The summed E-state index contributed by atoms with van der Waals surface area (Å²) in [5.74, 6) is -0.639. The molecule has 1 spiro atoms. The third-order valence-electron chi connectivity index (χ3n) is 12.4. The Labute approximate surface area is 313 Å². The highest BCUT2D eigenvalue weighted by molar-refractivity contribution is 6.23. The molecule has 0 radical (unpaired) electrons. The average Bonchev–Trinajstić information content (AvgIpc) is 3.45. The van der Waals surface area contributed by atoms with Crippen molar-refractivity contribution in [2.24, 2.45) is 11.3 Å². The van der Waals surface area contributed by atoms with Gasteiger partial charge in [0.25, 0.3) is 17.4 Å². The fraction of sp³-hybridized carbons (Fsp3) is 0.450. The first-order chi connectivity index (χ1) is 26.6. The SMILES string of the molecule is [2H]c1ccc2ncn(-c3cnc(N4CCC(CN5CCC6(CC5)CCN(c5ccc7c(c5)C(=O)N(C5CCC(=O)NC5=O)C7=O)CC6)CC4)nc3)c(=O)c2c1. The topological polar surface area (TPSA) is 154 Å². The van der Waals surface area contributed by atoms with Crippen molar-refractivity contribution in [1.29, 1.82) is 0 Å². The van der Waals surface area contributed by atoms with E-state index < -0.39 is 23.8 Å². The van der Waals surface area contributed by atoms with Crippen molar-refractivity contribution in [3.8, 4) is 5.69 Å². The van der Waals surface area contributed by atoms with Gasteiger partial charge in [-0.15, -0.1) is 0 Å². The molecule has 0 saturated carbocycles. The van der Waals surface area contributed by atoms with Gasteiger partial charge >= 0.3 is 0 Å². The molecule has 7 heterocycles. The number of para-hydroxylation sites is 1. The van der Waals surface area contributed by atoms with E-state index in [2.05, 4.69) is 35.0 Å². The van der Waals surface area contributed by atoms with E-state index in [0.717, 1.165) is 82.1 Å². The van der Waals surface area contributed by atoms with E-state index in [1.54, 1.807) is 36.7 Å². The molecule has 2 aromatic carbocycles. The van der Waals surface area contributed by atoms with Crippen LogP contribution in [0, 0.1) is 11.3 Å². The summed E-state index contributed by atoms with van der Waals surface area (Å²) in [5.41, 5.74) is 2.73. The zero-order valence-electron chi connectivity index (χ0n) is 31.1. The molecule has 14 nitrogen and oxygen atoms in total. The molecule has 4 saturated heterocycles. The molecule has 5 aliphatic rings. The van der Waals surface area contributed by atoms with Crippen LogP contribution in [-0.2, 0) is 9.59 Å². The van der Waals surface area contributed by atoms with Crippen LogP contribution in [0.25, 0.3) is 16.6 Å². The van der Waals surface area contributed by atoms with Crippen molar-refractivity contribution in [2.75, 3.05) is 55.6 Å². The number of hydrogen-bond acceptors (Lipinski definition) is 11.